The lowest BCUT2D eigenvalue weighted by Crippen LogP contribution is -2.24. The molecule has 0 radical (unpaired) electrons. The summed E-state index contributed by atoms with van der Waals surface area (Å²) < 4.78 is 11.0. The number of carbonyl (C=O) groups excluding carboxylic acids is 1. The van der Waals surface area contributed by atoms with E-state index in [9.17, 15) is 4.79 Å². The minimum Gasteiger partial charge on any atom is -0.493 e. The van der Waals surface area contributed by atoms with Crippen molar-refractivity contribution in [3.63, 3.8) is 0 Å². The first-order valence-electron chi connectivity index (χ1n) is 10.3. The van der Waals surface area contributed by atoms with E-state index in [1.54, 1.807) is 19.4 Å². The van der Waals surface area contributed by atoms with Gasteiger partial charge >= 0.3 is 0 Å². The number of hydrogen-bond donors (Lipinski definition) is 1. The van der Waals surface area contributed by atoms with Crippen molar-refractivity contribution in [1.29, 1.82) is 0 Å². The van der Waals surface area contributed by atoms with Gasteiger partial charge in [-0.2, -0.15) is 5.10 Å². The second kappa shape index (κ2) is 9.79. The third-order valence-electron chi connectivity index (χ3n) is 5.16. The Kier molecular flexibility index (Phi) is 6.46. The number of fused-ring (bicyclic) bond motifs is 2. The topological polar surface area (TPSA) is 59.9 Å². The molecule has 0 aromatic heterocycles. The summed E-state index contributed by atoms with van der Waals surface area (Å²) >= 11 is 0. The third kappa shape index (κ3) is 4.62. The second-order valence-electron chi connectivity index (χ2n) is 7.29. The number of ether oxygens (including phenoxy) is 2. The SMILES string of the molecule is C=CCc1ccc(OCC(=O)N/N=C\c2c3ccccc3cc3ccccc23)c(OC)c1. The first-order valence-corrected chi connectivity index (χ1v) is 10.3. The monoisotopic (exact) mass is 424 g/mol. The van der Waals surface area contributed by atoms with Gasteiger partial charge in [0.2, 0.25) is 0 Å². The maximum atomic E-state index is 12.3. The molecule has 0 bridgehead atoms. The summed E-state index contributed by atoms with van der Waals surface area (Å²) in [6.07, 6.45) is 4.24. The van der Waals surface area contributed by atoms with Crippen molar-refractivity contribution in [3.8, 4) is 11.5 Å². The van der Waals surface area contributed by atoms with Gasteiger partial charge in [0.15, 0.2) is 18.1 Å². The normalized spacial score (nSPS) is 11.0. The summed E-state index contributed by atoms with van der Waals surface area (Å²) in [7, 11) is 1.57. The van der Waals surface area contributed by atoms with Crippen LogP contribution in [0.2, 0.25) is 0 Å². The van der Waals surface area contributed by atoms with Gasteiger partial charge in [-0.25, -0.2) is 5.43 Å². The maximum Gasteiger partial charge on any atom is 0.277 e. The number of benzene rings is 4. The minimum absolute atomic E-state index is 0.176. The van der Waals surface area contributed by atoms with Crippen LogP contribution in [0.5, 0.6) is 11.5 Å². The average molecular weight is 425 g/mol. The first-order chi connectivity index (χ1) is 15.7. The zero-order valence-electron chi connectivity index (χ0n) is 17.9. The molecule has 4 rings (SSSR count). The summed E-state index contributed by atoms with van der Waals surface area (Å²) in [6.45, 7) is 3.56. The fourth-order valence-corrected chi connectivity index (χ4v) is 3.66. The van der Waals surface area contributed by atoms with Crippen molar-refractivity contribution in [3.05, 3.63) is 96.6 Å². The summed E-state index contributed by atoms with van der Waals surface area (Å²) in [6, 6.07) is 24.0. The summed E-state index contributed by atoms with van der Waals surface area (Å²) in [5.74, 6) is 0.713. The van der Waals surface area contributed by atoms with Gasteiger partial charge in [0.1, 0.15) is 0 Å². The Balaban J connectivity index is 1.47. The van der Waals surface area contributed by atoms with Crippen LogP contribution in [-0.2, 0) is 11.2 Å². The quantitative estimate of drug-likeness (QED) is 0.182. The lowest BCUT2D eigenvalue weighted by Gasteiger charge is -2.11. The van der Waals surface area contributed by atoms with E-state index in [-0.39, 0.29) is 12.5 Å². The molecular weight excluding hydrogens is 400 g/mol. The van der Waals surface area contributed by atoms with Crippen molar-refractivity contribution in [2.24, 2.45) is 5.10 Å². The number of rotatable bonds is 8. The lowest BCUT2D eigenvalue weighted by atomic mass is 9.97. The van der Waals surface area contributed by atoms with E-state index in [1.165, 1.54) is 0 Å². The number of nitrogens with zero attached hydrogens (tertiary/aromatic N) is 1. The van der Waals surface area contributed by atoms with E-state index in [2.05, 4.69) is 47.4 Å². The largest absolute Gasteiger partial charge is 0.493 e. The Bertz CT molecular complexity index is 1260. The highest BCUT2D eigenvalue weighted by molar-refractivity contribution is 6.13. The van der Waals surface area contributed by atoms with E-state index < -0.39 is 0 Å². The fourth-order valence-electron chi connectivity index (χ4n) is 3.66. The van der Waals surface area contributed by atoms with Crippen LogP contribution in [0, 0.1) is 0 Å². The molecular formula is C27H24N2O3. The van der Waals surface area contributed by atoms with E-state index in [0.717, 1.165) is 39.1 Å². The van der Waals surface area contributed by atoms with Crippen LogP contribution in [-0.4, -0.2) is 25.8 Å². The molecule has 1 amide bonds. The zero-order chi connectivity index (χ0) is 22.3. The van der Waals surface area contributed by atoms with Gasteiger partial charge in [-0.15, -0.1) is 6.58 Å². The van der Waals surface area contributed by atoms with E-state index in [0.29, 0.717) is 11.5 Å². The Labute approximate surface area is 187 Å². The Morgan fingerprint density at radius 2 is 1.66 bits per heavy atom. The smallest absolute Gasteiger partial charge is 0.277 e. The Morgan fingerprint density at radius 3 is 2.31 bits per heavy atom. The molecule has 4 aromatic carbocycles. The van der Waals surface area contributed by atoms with Gasteiger partial charge in [0, 0.05) is 5.56 Å². The number of amides is 1. The third-order valence-corrected chi connectivity index (χ3v) is 5.16. The molecule has 1 N–H and O–H groups in total. The molecule has 5 heteroatoms. The number of carbonyl (C=O) groups is 1. The van der Waals surface area contributed by atoms with Crippen LogP contribution in [0.1, 0.15) is 11.1 Å². The summed E-state index contributed by atoms with van der Waals surface area (Å²) in [5.41, 5.74) is 4.57. The molecule has 0 saturated carbocycles. The van der Waals surface area contributed by atoms with Crippen LogP contribution < -0.4 is 14.9 Å². The highest BCUT2D eigenvalue weighted by Gasteiger charge is 2.09. The van der Waals surface area contributed by atoms with Crippen LogP contribution in [0.25, 0.3) is 21.5 Å². The standard InChI is InChI=1S/C27H24N2O3/c1-3-8-19-13-14-25(26(15-19)31-2)32-18-27(30)29-28-17-24-22-11-6-4-9-20(22)16-21-10-5-7-12-23(21)24/h3-7,9-17H,1,8,18H2,2H3,(H,29,30)/b28-17-. The second-order valence-corrected chi connectivity index (χ2v) is 7.29. The Hall–Kier alpha value is -4.12. The molecule has 32 heavy (non-hydrogen) atoms. The van der Waals surface area contributed by atoms with Gasteiger partial charge in [0.25, 0.3) is 5.91 Å². The molecule has 0 spiro atoms. The predicted molar refractivity (Wildman–Crippen MR) is 130 cm³/mol. The number of hydrazone groups is 1. The summed E-state index contributed by atoms with van der Waals surface area (Å²) in [5, 5.41) is 8.58. The number of allylic oxidation sites excluding steroid dienone is 1. The maximum absolute atomic E-state index is 12.3. The van der Waals surface area contributed by atoms with Crippen LogP contribution in [0.4, 0.5) is 0 Å². The first kappa shape index (κ1) is 21.1. The molecule has 0 fully saturated rings. The molecule has 0 heterocycles. The summed E-state index contributed by atoms with van der Waals surface area (Å²) in [4.78, 5) is 12.3. The number of hydrogen-bond acceptors (Lipinski definition) is 4. The van der Waals surface area contributed by atoms with Crippen molar-refractivity contribution < 1.29 is 14.3 Å². The molecule has 4 aromatic rings. The van der Waals surface area contributed by atoms with Crippen molar-refractivity contribution >= 4 is 33.7 Å². The fraction of sp³-hybridized carbons (Fsp3) is 0.111. The van der Waals surface area contributed by atoms with Crippen LogP contribution in [0.3, 0.4) is 0 Å². The predicted octanol–water partition coefficient (Wildman–Crippen LogP) is 5.26. The molecule has 0 aliphatic heterocycles. The molecule has 0 atom stereocenters. The van der Waals surface area contributed by atoms with Crippen LogP contribution in [0.15, 0.2) is 90.6 Å². The van der Waals surface area contributed by atoms with Crippen molar-refractivity contribution in [2.45, 2.75) is 6.42 Å². The highest BCUT2D eigenvalue weighted by atomic mass is 16.5. The zero-order valence-corrected chi connectivity index (χ0v) is 17.9. The molecule has 0 aliphatic carbocycles. The van der Waals surface area contributed by atoms with Crippen molar-refractivity contribution in [1.82, 2.24) is 5.43 Å². The van der Waals surface area contributed by atoms with Gasteiger partial charge in [0.05, 0.1) is 13.3 Å². The van der Waals surface area contributed by atoms with E-state index >= 15 is 0 Å². The molecule has 0 aliphatic rings. The van der Waals surface area contributed by atoms with Gasteiger partial charge in [-0.05, 0) is 51.7 Å². The minimum atomic E-state index is -0.358. The van der Waals surface area contributed by atoms with Gasteiger partial charge < -0.3 is 9.47 Å². The van der Waals surface area contributed by atoms with Crippen LogP contribution >= 0.6 is 0 Å². The van der Waals surface area contributed by atoms with Crippen molar-refractivity contribution in [2.75, 3.05) is 13.7 Å². The molecule has 0 saturated heterocycles. The van der Waals surface area contributed by atoms with E-state index in [4.69, 9.17) is 9.47 Å². The number of methoxy groups -OCH3 is 1. The average Bonchev–Trinajstić information content (AvgIpc) is 2.82. The van der Waals surface area contributed by atoms with Gasteiger partial charge in [-0.1, -0.05) is 60.7 Å². The molecule has 5 nitrogen and oxygen atoms in total. The van der Waals surface area contributed by atoms with E-state index in [1.807, 2.05) is 42.5 Å². The lowest BCUT2D eigenvalue weighted by molar-refractivity contribution is -0.123. The highest BCUT2D eigenvalue weighted by Crippen LogP contribution is 2.29. The Morgan fingerprint density at radius 1 is 0.969 bits per heavy atom. The molecule has 160 valence electrons. The van der Waals surface area contributed by atoms with Gasteiger partial charge in [-0.3, -0.25) is 4.79 Å². The number of nitrogens with one attached hydrogen (secondary N) is 1. The molecule has 0 unspecified atom stereocenters.